The number of fused-ring (bicyclic) bond motifs is 7. The van der Waals surface area contributed by atoms with Crippen LogP contribution in [0.1, 0.15) is 51.7 Å². The Kier molecular flexibility index (Phi) is 8.06. The van der Waals surface area contributed by atoms with Crippen molar-refractivity contribution in [3.05, 3.63) is 205 Å². The van der Waals surface area contributed by atoms with Crippen molar-refractivity contribution in [2.24, 2.45) is 0 Å². The van der Waals surface area contributed by atoms with Crippen molar-refractivity contribution in [2.75, 3.05) is 0 Å². The van der Waals surface area contributed by atoms with E-state index in [9.17, 15) is 0 Å². The molecule has 0 unspecified atom stereocenters. The summed E-state index contributed by atoms with van der Waals surface area (Å²) >= 11 is 0. The highest BCUT2D eigenvalue weighted by Crippen LogP contribution is 2.45. The largest absolute Gasteiger partial charge is 0.309 e. The van der Waals surface area contributed by atoms with E-state index >= 15 is 0 Å². The first-order valence-corrected chi connectivity index (χ1v) is 23.1. The minimum atomic E-state index is -2.89. The van der Waals surface area contributed by atoms with Crippen LogP contribution in [-0.4, -0.2) is 17.2 Å². The summed E-state index contributed by atoms with van der Waals surface area (Å²) in [5.74, 6) is 0. The predicted molar refractivity (Wildman–Crippen MR) is 254 cm³/mol. The highest BCUT2D eigenvalue weighted by molar-refractivity contribution is 7.20. The molecule has 0 fully saturated rings. The van der Waals surface area contributed by atoms with Crippen molar-refractivity contribution in [1.82, 2.24) is 9.13 Å². The van der Waals surface area contributed by atoms with E-state index in [-0.39, 0.29) is 10.8 Å². The first-order chi connectivity index (χ1) is 28.8. The second kappa shape index (κ2) is 13.3. The summed E-state index contributed by atoms with van der Waals surface area (Å²) in [6.45, 7) is 9.78. The maximum atomic E-state index is 2.64. The summed E-state index contributed by atoms with van der Waals surface area (Å²) < 4.78 is 4.93. The van der Waals surface area contributed by atoms with Crippen LogP contribution in [0.15, 0.2) is 194 Å². The van der Waals surface area contributed by atoms with Gasteiger partial charge in [-0.1, -0.05) is 173 Å². The summed E-state index contributed by atoms with van der Waals surface area (Å²) in [5, 5.41) is 10.7. The van der Waals surface area contributed by atoms with Crippen LogP contribution in [0.25, 0.3) is 55.0 Å². The first-order valence-electron chi connectivity index (χ1n) is 21.1. The van der Waals surface area contributed by atoms with Crippen molar-refractivity contribution in [1.29, 1.82) is 0 Å². The second-order valence-electron chi connectivity index (χ2n) is 18.0. The van der Waals surface area contributed by atoms with Gasteiger partial charge in [-0.15, -0.1) is 0 Å². The first kappa shape index (κ1) is 35.7. The molecule has 0 aliphatic heterocycles. The lowest BCUT2D eigenvalue weighted by Crippen LogP contribution is -2.75. The van der Waals surface area contributed by atoms with E-state index in [1.807, 2.05) is 0 Å². The van der Waals surface area contributed by atoms with Gasteiger partial charge in [-0.05, 0) is 104 Å². The molecule has 0 atom stereocenters. The Bertz CT molecular complexity index is 3170. The maximum Gasteiger partial charge on any atom is 0.179 e. The molecule has 59 heavy (non-hydrogen) atoms. The van der Waals surface area contributed by atoms with Crippen molar-refractivity contribution >= 4 is 72.4 Å². The Morgan fingerprint density at radius 3 is 1.46 bits per heavy atom. The van der Waals surface area contributed by atoms with Gasteiger partial charge in [0.15, 0.2) is 8.07 Å². The van der Waals surface area contributed by atoms with Crippen LogP contribution in [0.4, 0.5) is 0 Å². The molecule has 0 bridgehead atoms. The van der Waals surface area contributed by atoms with Gasteiger partial charge in [-0.25, -0.2) is 0 Å². The topological polar surface area (TPSA) is 9.86 Å². The zero-order valence-corrected chi connectivity index (χ0v) is 35.3. The van der Waals surface area contributed by atoms with Crippen LogP contribution in [0.3, 0.4) is 0 Å². The molecule has 0 spiro atoms. The molecule has 2 nitrogen and oxygen atoms in total. The maximum absolute atomic E-state index is 2.89. The van der Waals surface area contributed by atoms with Gasteiger partial charge < -0.3 is 9.13 Å². The van der Waals surface area contributed by atoms with E-state index < -0.39 is 8.07 Å². The van der Waals surface area contributed by atoms with Crippen LogP contribution in [-0.2, 0) is 10.8 Å². The van der Waals surface area contributed by atoms with E-state index in [1.54, 1.807) is 0 Å². The monoisotopic (exact) mass is 776 g/mol. The predicted octanol–water partition coefficient (Wildman–Crippen LogP) is 11.6. The van der Waals surface area contributed by atoms with Crippen molar-refractivity contribution in [3.8, 4) is 11.4 Å². The molecule has 10 aromatic rings. The highest BCUT2D eigenvalue weighted by atomic mass is 28.3. The molecule has 2 heterocycles. The van der Waals surface area contributed by atoms with Crippen molar-refractivity contribution < 1.29 is 0 Å². The minimum absolute atomic E-state index is 0.0903. The van der Waals surface area contributed by atoms with Gasteiger partial charge in [0.2, 0.25) is 0 Å². The molecule has 11 rings (SSSR count). The van der Waals surface area contributed by atoms with Gasteiger partial charge in [0, 0.05) is 32.9 Å². The molecule has 3 heteroatoms. The summed E-state index contributed by atoms with van der Waals surface area (Å²) in [5.41, 5.74) is 10.5. The molecule has 0 saturated carbocycles. The molecule has 0 amide bonds. The number of para-hydroxylation sites is 3. The van der Waals surface area contributed by atoms with Crippen LogP contribution in [0.5, 0.6) is 0 Å². The number of rotatable bonds is 6. The number of benzene rings is 8. The highest BCUT2D eigenvalue weighted by Gasteiger charge is 2.44. The summed E-state index contributed by atoms with van der Waals surface area (Å²) in [6, 6.07) is 73.5. The van der Waals surface area contributed by atoms with Crippen LogP contribution in [0.2, 0.25) is 0 Å². The van der Waals surface area contributed by atoms with Gasteiger partial charge in [0.1, 0.15) is 0 Å². The molecule has 0 saturated heterocycles. The lowest BCUT2D eigenvalue weighted by Gasteiger charge is -2.43. The van der Waals surface area contributed by atoms with Crippen molar-refractivity contribution in [3.63, 3.8) is 0 Å². The Morgan fingerprint density at radius 2 is 0.814 bits per heavy atom. The third-order valence-electron chi connectivity index (χ3n) is 13.7. The van der Waals surface area contributed by atoms with Crippen LogP contribution < -0.4 is 20.7 Å². The van der Waals surface area contributed by atoms with Gasteiger partial charge in [-0.2, -0.15) is 0 Å². The van der Waals surface area contributed by atoms with Gasteiger partial charge >= 0.3 is 0 Å². The van der Waals surface area contributed by atoms with E-state index in [2.05, 4.69) is 231 Å². The fraction of sp³-hybridized carbons (Fsp3) is 0.143. The summed E-state index contributed by atoms with van der Waals surface area (Å²) in [4.78, 5) is 0. The molecule has 0 N–H and O–H groups in total. The number of aromatic nitrogens is 2. The third kappa shape index (κ3) is 5.37. The average molecular weight is 777 g/mol. The normalized spacial score (nSPS) is 14.9. The fourth-order valence-corrected chi connectivity index (χ4v) is 15.4. The van der Waals surface area contributed by atoms with Gasteiger partial charge in [-0.3, -0.25) is 0 Å². The van der Waals surface area contributed by atoms with E-state index in [4.69, 9.17) is 0 Å². The third-order valence-corrected chi connectivity index (χ3v) is 18.5. The van der Waals surface area contributed by atoms with Crippen molar-refractivity contribution in [2.45, 2.75) is 51.4 Å². The van der Waals surface area contributed by atoms with Crippen LogP contribution in [0, 0.1) is 0 Å². The number of hydrogen-bond acceptors (Lipinski definition) is 0. The van der Waals surface area contributed by atoms with Gasteiger partial charge in [0.05, 0.1) is 22.1 Å². The lowest BCUT2D eigenvalue weighted by atomic mass is 9.63. The smallest absolute Gasteiger partial charge is 0.179 e. The number of nitrogens with zero attached hydrogens (tertiary/aromatic N) is 2. The average Bonchev–Trinajstić information content (AvgIpc) is 3.79. The molecule has 286 valence electrons. The Morgan fingerprint density at radius 1 is 0.339 bits per heavy atom. The van der Waals surface area contributed by atoms with E-state index in [0.717, 1.165) is 0 Å². The lowest BCUT2D eigenvalue weighted by molar-refractivity contribution is 0.332. The summed E-state index contributed by atoms with van der Waals surface area (Å²) in [7, 11) is -2.89. The second-order valence-corrected chi connectivity index (χ2v) is 21.8. The van der Waals surface area contributed by atoms with Crippen LogP contribution >= 0.6 is 0 Å². The fourth-order valence-electron chi connectivity index (χ4n) is 10.6. The Hall–Kier alpha value is -6.42. The molecule has 0 radical (unpaired) electrons. The SMILES string of the molecule is CC1(C)CCC(C)(C)c2cc([Si](c3ccccc3)(c3ccccc3)c3ccc4c5ccccc5n(-c5ccc6c(c5)c5ccccc5n6-c5ccccc5)c4c3)ccc21. The molecule has 1 aliphatic carbocycles. The molecular weight excluding hydrogens is 729 g/mol. The molecule has 8 aromatic carbocycles. The van der Waals surface area contributed by atoms with Gasteiger partial charge in [0.25, 0.3) is 0 Å². The molecule has 2 aromatic heterocycles. The molecule has 1 aliphatic rings. The Balaban J connectivity index is 1.22. The zero-order valence-electron chi connectivity index (χ0n) is 34.3. The van der Waals surface area contributed by atoms with E-state index in [1.165, 1.54) is 99.7 Å². The quantitative estimate of drug-likeness (QED) is 0.118. The minimum Gasteiger partial charge on any atom is -0.309 e. The number of hydrogen-bond donors (Lipinski definition) is 0. The standard InChI is InChI=1S/C56H48N2Si/c1-55(2)34-35-56(3,4)50-37-43(30-32-49(50)55)59(41-20-10-6-11-21-41,42-22-12-7-13-23-42)44-29-31-47-45-24-14-16-26-51(45)58(54(47)38-44)40-28-33-53-48(36-40)46-25-15-17-27-52(46)57(53)39-18-8-5-9-19-39/h5-33,36-38H,34-35H2,1-4H3. The van der Waals surface area contributed by atoms with E-state index in [0.29, 0.717) is 0 Å². The zero-order chi connectivity index (χ0) is 39.9. The summed E-state index contributed by atoms with van der Waals surface area (Å²) in [6.07, 6.45) is 2.38. The molecular formula is C56H48N2Si. The Labute approximate surface area is 348 Å².